The minimum absolute atomic E-state index is 0. The SMILES string of the molecule is C[CH-]C.C[CH-]CC(C)(CN)C(C)(C)O.[Cs+]. The maximum Gasteiger partial charge on any atom is 1.00 e. The fraction of sp³-hybridized carbons (Fsp3) is 0.833. The van der Waals surface area contributed by atoms with Crippen LogP contribution < -0.4 is 74.6 Å². The van der Waals surface area contributed by atoms with Gasteiger partial charge < -0.3 is 23.7 Å². The van der Waals surface area contributed by atoms with Crippen molar-refractivity contribution < 1.29 is 74.0 Å². The third-order valence-corrected chi connectivity index (χ3v) is 2.58. The number of hydrogen-bond acceptors (Lipinski definition) is 2. The largest absolute Gasteiger partial charge is 1.00 e. The Morgan fingerprint density at radius 3 is 1.53 bits per heavy atom. The standard InChI is InChI=1S/C9H20NO.C3H7.Cs/c1-5-6-9(4,7-10)8(2,3)11;1-3-2;/h5,11H,6-7,10H2,1-4H3;3H,1-2H3;/q2*-1;+1. The van der Waals surface area contributed by atoms with E-state index in [1.165, 1.54) is 0 Å². The van der Waals surface area contributed by atoms with E-state index in [4.69, 9.17) is 5.73 Å². The molecule has 0 heterocycles. The molecule has 0 rings (SSSR count). The summed E-state index contributed by atoms with van der Waals surface area (Å²) >= 11 is 0. The molecule has 1 unspecified atom stereocenters. The maximum absolute atomic E-state index is 9.77. The van der Waals surface area contributed by atoms with Crippen molar-refractivity contribution in [3.63, 3.8) is 0 Å². The maximum atomic E-state index is 9.77. The van der Waals surface area contributed by atoms with Gasteiger partial charge in [0.2, 0.25) is 0 Å². The predicted molar refractivity (Wildman–Crippen MR) is 63.7 cm³/mol. The van der Waals surface area contributed by atoms with Gasteiger partial charge in [0.05, 0.1) is 5.60 Å². The van der Waals surface area contributed by atoms with Gasteiger partial charge in [-0.1, -0.05) is 6.92 Å². The molecular weight excluding hydrogens is 307 g/mol. The summed E-state index contributed by atoms with van der Waals surface area (Å²) in [5.41, 5.74) is 4.71. The van der Waals surface area contributed by atoms with Gasteiger partial charge in [-0.3, -0.25) is 0 Å². The first-order valence-electron chi connectivity index (χ1n) is 5.23. The summed E-state index contributed by atoms with van der Waals surface area (Å²) in [5.74, 6) is 0. The quantitative estimate of drug-likeness (QED) is 0.686. The molecule has 3 heteroatoms. The first-order valence-corrected chi connectivity index (χ1v) is 5.23. The van der Waals surface area contributed by atoms with E-state index in [2.05, 4.69) is 0 Å². The van der Waals surface area contributed by atoms with Crippen molar-refractivity contribution in [1.29, 1.82) is 0 Å². The Balaban J connectivity index is -0.000000320. The molecule has 88 valence electrons. The van der Waals surface area contributed by atoms with Gasteiger partial charge in [0, 0.05) is 0 Å². The second-order valence-electron chi connectivity index (χ2n) is 4.51. The van der Waals surface area contributed by atoms with Crippen LogP contribution in [0.2, 0.25) is 0 Å². The normalized spacial score (nSPS) is 14.4. The average molecular weight is 334 g/mol. The van der Waals surface area contributed by atoms with Crippen LogP contribution in [0.1, 0.15) is 48.0 Å². The third-order valence-electron chi connectivity index (χ3n) is 2.58. The summed E-state index contributed by atoms with van der Waals surface area (Å²) in [6, 6.07) is 0. The summed E-state index contributed by atoms with van der Waals surface area (Å²) in [6.45, 7) is 12.1. The molecule has 1 atom stereocenters. The van der Waals surface area contributed by atoms with Gasteiger partial charge in [-0.05, 0) is 25.8 Å². The Kier molecular flexibility index (Phi) is 16.4. The van der Waals surface area contributed by atoms with Gasteiger partial charge in [0.25, 0.3) is 0 Å². The zero-order chi connectivity index (χ0) is 11.8. The molecule has 0 saturated carbocycles. The van der Waals surface area contributed by atoms with Crippen LogP contribution in [0, 0.1) is 18.3 Å². The summed E-state index contributed by atoms with van der Waals surface area (Å²) in [4.78, 5) is 0. The van der Waals surface area contributed by atoms with E-state index in [0.717, 1.165) is 6.42 Å². The minimum atomic E-state index is -0.700. The van der Waals surface area contributed by atoms with Crippen LogP contribution in [-0.4, -0.2) is 17.3 Å². The molecule has 0 aromatic rings. The van der Waals surface area contributed by atoms with E-state index in [9.17, 15) is 5.11 Å². The van der Waals surface area contributed by atoms with Crippen molar-refractivity contribution >= 4 is 0 Å². The molecule has 0 aromatic carbocycles. The molecule has 15 heavy (non-hydrogen) atoms. The molecule has 0 aliphatic carbocycles. The zero-order valence-corrected chi connectivity index (χ0v) is 17.9. The first kappa shape index (κ1) is 22.2. The Morgan fingerprint density at radius 1 is 1.13 bits per heavy atom. The molecule has 0 aromatic heterocycles. The van der Waals surface area contributed by atoms with Crippen molar-refractivity contribution in [3.8, 4) is 0 Å². The van der Waals surface area contributed by atoms with Gasteiger partial charge in [0.1, 0.15) is 0 Å². The molecule has 0 aliphatic rings. The molecule has 0 bridgehead atoms. The van der Waals surface area contributed by atoms with Crippen molar-refractivity contribution in [1.82, 2.24) is 0 Å². The van der Waals surface area contributed by atoms with Gasteiger partial charge in [-0.2, -0.15) is 27.2 Å². The Bertz CT molecular complexity index is 134. The van der Waals surface area contributed by atoms with Gasteiger partial charge >= 0.3 is 68.9 Å². The van der Waals surface area contributed by atoms with Crippen LogP contribution in [0.3, 0.4) is 0 Å². The van der Waals surface area contributed by atoms with E-state index >= 15 is 0 Å². The molecule has 3 N–H and O–H groups in total. The second-order valence-corrected chi connectivity index (χ2v) is 4.51. The molecule has 0 amide bonds. The molecule has 0 spiro atoms. The summed E-state index contributed by atoms with van der Waals surface area (Å²) in [5, 5.41) is 9.77. The average Bonchev–Trinajstić information content (AvgIpc) is 2.04. The van der Waals surface area contributed by atoms with Crippen LogP contribution >= 0.6 is 0 Å². The topological polar surface area (TPSA) is 46.2 Å². The fourth-order valence-electron chi connectivity index (χ4n) is 1.03. The van der Waals surface area contributed by atoms with Gasteiger partial charge in [-0.15, -0.1) is 0 Å². The minimum Gasteiger partial charge on any atom is -0.390 e. The number of rotatable bonds is 4. The molecule has 0 saturated heterocycles. The number of nitrogens with two attached hydrogens (primary N) is 1. The van der Waals surface area contributed by atoms with Crippen molar-refractivity contribution in [2.24, 2.45) is 11.1 Å². The Hall–Kier alpha value is 1.97. The number of aliphatic hydroxyl groups is 1. The summed E-state index contributed by atoms with van der Waals surface area (Å²) in [6.07, 6.45) is 4.90. The monoisotopic (exact) mass is 334 g/mol. The zero-order valence-electron chi connectivity index (χ0n) is 11.6. The molecular formula is C12H27CsNO-. The van der Waals surface area contributed by atoms with Crippen LogP contribution in [0.4, 0.5) is 0 Å². The summed E-state index contributed by atoms with van der Waals surface area (Å²) in [7, 11) is 0. The van der Waals surface area contributed by atoms with Crippen LogP contribution in [-0.2, 0) is 0 Å². The van der Waals surface area contributed by atoms with E-state index in [0.29, 0.717) is 6.54 Å². The van der Waals surface area contributed by atoms with E-state index in [-0.39, 0.29) is 74.3 Å². The molecule has 2 nitrogen and oxygen atoms in total. The van der Waals surface area contributed by atoms with Crippen LogP contribution in [0.5, 0.6) is 0 Å². The molecule has 0 aliphatic heterocycles. The Labute approximate surface area is 155 Å². The van der Waals surface area contributed by atoms with Crippen LogP contribution in [0.15, 0.2) is 0 Å². The fourth-order valence-corrected chi connectivity index (χ4v) is 1.03. The molecule has 0 fully saturated rings. The van der Waals surface area contributed by atoms with E-state index in [1.54, 1.807) is 0 Å². The van der Waals surface area contributed by atoms with E-state index < -0.39 is 5.60 Å². The summed E-state index contributed by atoms with van der Waals surface area (Å²) < 4.78 is 0. The molecule has 0 radical (unpaired) electrons. The Morgan fingerprint density at radius 2 is 1.47 bits per heavy atom. The first-order chi connectivity index (χ1) is 6.29. The van der Waals surface area contributed by atoms with Crippen molar-refractivity contribution in [3.05, 3.63) is 12.8 Å². The van der Waals surface area contributed by atoms with Gasteiger partial charge in [0.15, 0.2) is 0 Å². The van der Waals surface area contributed by atoms with Crippen molar-refractivity contribution in [2.75, 3.05) is 6.54 Å². The predicted octanol–water partition coefficient (Wildman–Crippen LogP) is -0.429. The van der Waals surface area contributed by atoms with E-state index in [1.807, 2.05) is 54.4 Å². The second kappa shape index (κ2) is 11.1. The van der Waals surface area contributed by atoms with Crippen molar-refractivity contribution in [2.45, 2.75) is 53.6 Å². The van der Waals surface area contributed by atoms with Gasteiger partial charge in [-0.25, -0.2) is 0 Å². The number of hydrogen-bond donors (Lipinski definition) is 2. The van der Waals surface area contributed by atoms with Crippen LogP contribution in [0.25, 0.3) is 0 Å². The third kappa shape index (κ3) is 9.65. The smallest absolute Gasteiger partial charge is 0.390 e.